The number of carbonyl (C=O) groups excluding carboxylic acids is 1. The van der Waals surface area contributed by atoms with E-state index in [4.69, 9.17) is 16.3 Å². The number of sulfonamides is 1. The van der Waals surface area contributed by atoms with Gasteiger partial charge in [0.2, 0.25) is 10.0 Å². The molecule has 1 amide bonds. The van der Waals surface area contributed by atoms with Crippen molar-refractivity contribution in [1.82, 2.24) is 0 Å². The molecule has 8 heteroatoms. The number of amides is 1. The maximum absolute atomic E-state index is 12.7. The van der Waals surface area contributed by atoms with Crippen LogP contribution < -0.4 is 14.8 Å². The highest BCUT2D eigenvalue weighted by atomic mass is 35.5. The fourth-order valence-corrected chi connectivity index (χ4v) is 3.28. The smallest absolute Gasteiger partial charge is 0.255 e. The molecule has 0 radical (unpaired) electrons. The molecule has 0 atom stereocenters. The van der Waals surface area contributed by atoms with Crippen molar-refractivity contribution in [2.75, 3.05) is 16.3 Å². The molecule has 0 aliphatic heterocycles. The van der Waals surface area contributed by atoms with Crippen LogP contribution in [-0.4, -0.2) is 20.6 Å². The van der Waals surface area contributed by atoms with Crippen molar-refractivity contribution in [1.29, 1.82) is 0 Å². The Bertz CT molecular complexity index is 1150. The first-order chi connectivity index (χ1) is 13.7. The van der Waals surface area contributed by atoms with Crippen molar-refractivity contribution in [3.8, 4) is 11.5 Å². The molecule has 3 aromatic rings. The third-order valence-corrected chi connectivity index (χ3v) is 4.71. The highest BCUT2D eigenvalue weighted by molar-refractivity contribution is 7.92. The summed E-state index contributed by atoms with van der Waals surface area (Å²) in [6.45, 7) is 1.98. The highest BCUT2D eigenvalue weighted by Gasteiger charge is 2.13. The summed E-state index contributed by atoms with van der Waals surface area (Å²) in [4.78, 5) is 12.7. The molecule has 150 valence electrons. The summed E-state index contributed by atoms with van der Waals surface area (Å²) in [7, 11) is -3.45. The van der Waals surface area contributed by atoms with E-state index in [9.17, 15) is 13.2 Å². The van der Waals surface area contributed by atoms with E-state index >= 15 is 0 Å². The summed E-state index contributed by atoms with van der Waals surface area (Å²) in [5.74, 6) is 0.614. The van der Waals surface area contributed by atoms with Crippen LogP contribution in [0.15, 0.2) is 66.7 Å². The molecular formula is C21H19ClN2O4S. The molecular weight excluding hydrogens is 412 g/mol. The van der Waals surface area contributed by atoms with E-state index in [0.717, 1.165) is 11.8 Å². The van der Waals surface area contributed by atoms with E-state index in [1.165, 1.54) is 6.07 Å². The Hall–Kier alpha value is -3.03. The van der Waals surface area contributed by atoms with E-state index < -0.39 is 15.9 Å². The number of hydrogen-bond donors (Lipinski definition) is 2. The summed E-state index contributed by atoms with van der Waals surface area (Å²) in [6, 6.07) is 18.6. The maximum Gasteiger partial charge on any atom is 0.255 e. The van der Waals surface area contributed by atoms with Crippen LogP contribution in [0.2, 0.25) is 5.02 Å². The van der Waals surface area contributed by atoms with Gasteiger partial charge < -0.3 is 10.1 Å². The van der Waals surface area contributed by atoms with Crippen LogP contribution in [0.1, 0.15) is 15.9 Å². The Kier molecular flexibility index (Phi) is 6.10. The highest BCUT2D eigenvalue weighted by Crippen LogP contribution is 2.32. The van der Waals surface area contributed by atoms with Gasteiger partial charge in [-0.3, -0.25) is 9.52 Å². The predicted molar refractivity (Wildman–Crippen MR) is 116 cm³/mol. The second-order valence-electron chi connectivity index (χ2n) is 6.46. The largest absolute Gasteiger partial charge is 0.455 e. The molecule has 0 heterocycles. The zero-order valence-electron chi connectivity index (χ0n) is 15.8. The number of aryl methyl sites for hydroxylation is 1. The van der Waals surface area contributed by atoms with Crippen LogP contribution >= 0.6 is 11.6 Å². The number of carbonyl (C=O) groups is 1. The van der Waals surface area contributed by atoms with Crippen molar-refractivity contribution in [3.63, 3.8) is 0 Å². The van der Waals surface area contributed by atoms with Gasteiger partial charge in [0, 0.05) is 16.3 Å². The number of nitrogens with one attached hydrogen (secondary N) is 2. The molecule has 0 fully saturated rings. The van der Waals surface area contributed by atoms with Crippen molar-refractivity contribution in [3.05, 3.63) is 82.9 Å². The van der Waals surface area contributed by atoms with Gasteiger partial charge >= 0.3 is 0 Å². The van der Waals surface area contributed by atoms with Gasteiger partial charge in [-0.1, -0.05) is 35.4 Å². The van der Waals surface area contributed by atoms with E-state index in [-0.39, 0.29) is 5.56 Å². The number of anilines is 2. The average molecular weight is 431 g/mol. The molecule has 3 aromatic carbocycles. The van der Waals surface area contributed by atoms with Gasteiger partial charge in [-0.15, -0.1) is 0 Å². The van der Waals surface area contributed by atoms with Gasteiger partial charge in [-0.25, -0.2) is 8.42 Å². The van der Waals surface area contributed by atoms with Gasteiger partial charge in [0.05, 0.1) is 11.9 Å². The normalized spacial score (nSPS) is 11.0. The lowest BCUT2D eigenvalue weighted by Crippen LogP contribution is -2.14. The topological polar surface area (TPSA) is 84.5 Å². The standard InChI is InChI=1S/C21H19ClN2O4S/c1-14-6-9-18(10-7-14)28-20-11-8-16(22)13-19(20)23-21(25)15-4-3-5-17(12-15)24-29(2,26)27/h3-13,24H,1-2H3,(H,23,25). The minimum absolute atomic E-state index is 0.278. The van der Waals surface area contributed by atoms with Gasteiger partial charge in [0.1, 0.15) is 5.75 Å². The van der Waals surface area contributed by atoms with Crippen molar-refractivity contribution in [2.24, 2.45) is 0 Å². The van der Waals surface area contributed by atoms with E-state index in [1.807, 2.05) is 31.2 Å². The van der Waals surface area contributed by atoms with E-state index in [0.29, 0.717) is 27.9 Å². The third-order valence-electron chi connectivity index (χ3n) is 3.87. The molecule has 0 saturated carbocycles. The summed E-state index contributed by atoms with van der Waals surface area (Å²) < 4.78 is 31.0. The monoisotopic (exact) mass is 430 g/mol. The second kappa shape index (κ2) is 8.55. The Morgan fingerprint density at radius 3 is 2.41 bits per heavy atom. The van der Waals surface area contributed by atoms with Crippen LogP contribution in [0.3, 0.4) is 0 Å². The van der Waals surface area contributed by atoms with E-state index in [1.54, 1.807) is 36.4 Å². The summed E-state index contributed by atoms with van der Waals surface area (Å²) in [5.41, 5.74) is 2.07. The zero-order valence-corrected chi connectivity index (χ0v) is 17.3. The maximum atomic E-state index is 12.7. The molecule has 0 aliphatic rings. The molecule has 29 heavy (non-hydrogen) atoms. The van der Waals surface area contributed by atoms with E-state index in [2.05, 4.69) is 10.0 Å². The number of rotatable bonds is 6. The zero-order chi connectivity index (χ0) is 21.0. The number of hydrogen-bond acceptors (Lipinski definition) is 4. The van der Waals surface area contributed by atoms with Crippen LogP contribution in [0, 0.1) is 6.92 Å². The molecule has 3 rings (SSSR count). The Balaban J connectivity index is 1.84. The average Bonchev–Trinajstić information content (AvgIpc) is 2.64. The first kappa shape index (κ1) is 20.7. The van der Waals surface area contributed by atoms with Crippen LogP contribution in [0.4, 0.5) is 11.4 Å². The van der Waals surface area contributed by atoms with Gasteiger partial charge in [-0.2, -0.15) is 0 Å². The van der Waals surface area contributed by atoms with Gasteiger partial charge in [-0.05, 0) is 55.5 Å². The molecule has 2 N–H and O–H groups in total. The van der Waals surface area contributed by atoms with Crippen LogP contribution in [0.25, 0.3) is 0 Å². The minimum atomic E-state index is -3.45. The molecule has 0 spiro atoms. The molecule has 0 bridgehead atoms. The van der Waals surface area contributed by atoms with Gasteiger partial charge in [0.15, 0.2) is 5.75 Å². The number of ether oxygens (including phenoxy) is 1. The third kappa shape index (κ3) is 5.97. The summed E-state index contributed by atoms with van der Waals surface area (Å²) in [5, 5.41) is 3.20. The predicted octanol–water partition coefficient (Wildman–Crippen LogP) is 5.06. The fraction of sp³-hybridized carbons (Fsp3) is 0.0952. The molecule has 0 unspecified atom stereocenters. The molecule has 0 aliphatic carbocycles. The SMILES string of the molecule is Cc1ccc(Oc2ccc(Cl)cc2NC(=O)c2cccc(NS(C)(=O)=O)c2)cc1. The van der Waals surface area contributed by atoms with Gasteiger partial charge in [0.25, 0.3) is 5.91 Å². The summed E-state index contributed by atoms with van der Waals surface area (Å²) in [6.07, 6.45) is 1.04. The first-order valence-corrected chi connectivity index (χ1v) is 10.9. The lowest BCUT2D eigenvalue weighted by atomic mass is 10.2. The van der Waals surface area contributed by atoms with Crippen molar-refractivity contribution < 1.29 is 17.9 Å². The minimum Gasteiger partial charge on any atom is -0.455 e. The Labute approximate surface area is 174 Å². The van der Waals surface area contributed by atoms with Crippen molar-refractivity contribution in [2.45, 2.75) is 6.92 Å². The quantitative estimate of drug-likeness (QED) is 0.572. The number of halogens is 1. The fourth-order valence-electron chi connectivity index (χ4n) is 2.55. The molecule has 6 nitrogen and oxygen atoms in total. The summed E-state index contributed by atoms with van der Waals surface area (Å²) >= 11 is 6.08. The lowest BCUT2D eigenvalue weighted by molar-refractivity contribution is 0.102. The molecule has 0 saturated heterocycles. The second-order valence-corrected chi connectivity index (χ2v) is 8.65. The Morgan fingerprint density at radius 2 is 1.72 bits per heavy atom. The van der Waals surface area contributed by atoms with Crippen LogP contribution in [0.5, 0.6) is 11.5 Å². The van der Waals surface area contributed by atoms with Crippen molar-refractivity contribution >= 4 is 38.9 Å². The number of benzene rings is 3. The van der Waals surface area contributed by atoms with Crippen LogP contribution in [-0.2, 0) is 10.0 Å². The first-order valence-electron chi connectivity index (χ1n) is 8.63. The molecule has 0 aromatic heterocycles. The lowest BCUT2D eigenvalue weighted by Gasteiger charge is -2.13. The Morgan fingerprint density at radius 1 is 1.00 bits per heavy atom.